The average molecular weight is 182 g/mol. The lowest BCUT2D eigenvalue weighted by Gasteiger charge is -2.03. The zero-order chi connectivity index (χ0) is 9.40. The predicted molar refractivity (Wildman–Crippen MR) is 60.7 cm³/mol. The van der Waals surface area contributed by atoms with Gasteiger partial charge in [0.2, 0.25) is 0 Å². The molecule has 0 aliphatic heterocycles. The lowest BCUT2D eigenvalue weighted by atomic mass is 10.3. The molecule has 0 N–H and O–H groups in total. The Morgan fingerprint density at radius 2 is 2.08 bits per heavy atom. The van der Waals surface area contributed by atoms with E-state index in [1.54, 1.807) is 0 Å². The van der Waals surface area contributed by atoms with Crippen LogP contribution in [0.4, 0.5) is 0 Å². The quantitative estimate of drug-likeness (QED) is 0.582. The third-order valence-corrected chi connectivity index (χ3v) is 2.44. The highest BCUT2D eigenvalue weighted by Crippen LogP contribution is 2.13. The molecule has 0 unspecified atom stereocenters. The zero-order valence-electron chi connectivity index (χ0n) is 8.21. The Bertz CT molecular complexity index is 175. The maximum atomic E-state index is 3.96. The molecule has 0 fully saturated rings. The molecule has 0 aromatic rings. The minimum Gasteiger partial charge on any atom is -0.154 e. The fraction of sp³-hybridized carbons (Fsp3) is 0.455. The molecule has 0 aromatic heterocycles. The van der Waals surface area contributed by atoms with Crippen LogP contribution in [0.25, 0.3) is 0 Å². The Labute approximate surface area is 80.4 Å². The van der Waals surface area contributed by atoms with Crippen molar-refractivity contribution >= 4 is 11.8 Å². The van der Waals surface area contributed by atoms with Crippen molar-refractivity contribution in [2.45, 2.75) is 26.0 Å². The van der Waals surface area contributed by atoms with Crippen LogP contribution in [0.3, 0.4) is 0 Å². The van der Waals surface area contributed by atoms with Crippen LogP contribution in [-0.4, -0.2) is 11.0 Å². The largest absolute Gasteiger partial charge is 0.154 e. The van der Waals surface area contributed by atoms with E-state index < -0.39 is 0 Å². The number of thioether (sulfide) groups is 1. The second kappa shape index (κ2) is 7.23. The smallest absolute Gasteiger partial charge is 0.0181 e. The number of hydrogen-bond acceptors (Lipinski definition) is 1. The van der Waals surface area contributed by atoms with Crippen LogP contribution in [0.5, 0.6) is 0 Å². The molecule has 1 heteroatoms. The summed E-state index contributed by atoms with van der Waals surface area (Å²) in [6.45, 7) is 10.4. The van der Waals surface area contributed by atoms with Gasteiger partial charge >= 0.3 is 0 Å². The number of hydrogen-bond donors (Lipinski definition) is 0. The highest BCUT2D eigenvalue weighted by atomic mass is 32.2. The fourth-order valence-corrected chi connectivity index (χ4v) is 1.27. The lowest BCUT2D eigenvalue weighted by molar-refractivity contribution is 1.11. The van der Waals surface area contributed by atoms with E-state index >= 15 is 0 Å². The maximum absolute atomic E-state index is 3.96. The minimum absolute atomic E-state index is 0.692. The first-order chi connectivity index (χ1) is 5.66. The fourth-order valence-electron chi connectivity index (χ4n) is 0.625. The van der Waals surface area contributed by atoms with Crippen LogP contribution in [0.2, 0.25) is 0 Å². The topological polar surface area (TPSA) is 0 Å². The Morgan fingerprint density at radius 3 is 2.58 bits per heavy atom. The first kappa shape index (κ1) is 11.6. The van der Waals surface area contributed by atoms with Crippen LogP contribution in [-0.2, 0) is 0 Å². The van der Waals surface area contributed by atoms with E-state index in [-0.39, 0.29) is 0 Å². The molecule has 0 aliphatic rings. The standard InChI is InChI=1S/C11H18S/c1-5-6-7-8-11(4)9-12-10(2)3/h5-8,10H,4,9H2,1-3H3/b6-5-,8-7-. The molecule has 0 aliphatic carbocycles. The zero-order valence-corrected chi connectivity index (χ0v) is 9.03. The van der Waals surface area contributed by atoms with E-state index in [1.807, 2.05) is 36.9 Å². The molecule has 0 radical (unpaired) electrons. The van der Waals surface area contributed by atoms with Gasteiger partial charge in [-0.3, -0.25) is 0 Å². The monoisotopic (exact) mass is 182 g/mol. The van der Waals surface area contributed by atoms with E-state index in [9.17, 15) is 0 Å². The first-order valence-electron chi connectivity index (χ1n) is 4.25. The van der Waals surface area contributed by atoms with Crippen LogP contribution in [0.1, 0.15) is 20.8 Å². The van der Waals surface area contributed by atoms with E-state index in [2.05, 4.69) is 26.5 Å². The third-order valence-electron chi connectivity index (χ3n) is 1.24. The van der Waals surface area contributed by atoms with E-state index in [1.165, 1.54) is 5.57 Å². The summed E-state index contributed by atoms with van der Waals surface area (Å²) in [4.78, 5) is 0. The third kappa shape index (κ3) is 7.67. The molecule has 0 rings (SSSR count). The van der Waals surface area contributed by atoms with Gasteiger partial charge in [0.15, 0.2) is 0 Å². The van der Waals surface area contributed by atoms with Crippen molar-refractivity contribution in [3.63, 3.8) is 0 Å². The van der Waals surface area contributed by atoms with Crippen molar-refractivity contribution in [1.29, 1.82) is 0 Å². The second-order valence-electron chi connectivity index (χ2n) is 2.90. The highest BCUT2D eigenvalue weighted by Gasteiger charge is 1.93. The number of allylic oxidation sites excluding steroid dienone is 4. The molecule has 0 saturated heterocycles. The summed E-state index contributed by atoms with van der Waals surface area (Å²) in [6, 6.07) is 0. The van der Waals surface area contributed by atoms with Gasteiger partial charge in [0.05, 0.1) is 0 Å². The van der Waals surface area contributed by atoms with E-state index in [4.69, 9.17) is 0 Å². The van der Waals surface area contributed by atoms with Crippen LogP contribution in [0.15, 0.2) is 36.5 Å². The Hall–Kier alpha value is -0.430. The van der Waals surface area contributed by atoms with Gasteiger partial charge in [-0.15, -0.1) is 0 Å². The lowest BCUT2D eigenvalue weighted by Crippen LogP contribution is -1.90. The van der Waals surface area contributed by atoms with Crippen LogP contribution < -0.4 is 0 Å². The maximum Gasteiger partial charge on any atom is 0.0181 e. The first-order valence-corrected chi connectivity index (χ1v) is 5.30. The van der Waals surface area contributed by atoms with Crippen LogP contribution in [0, 0.1) is 0 Å². The van der Waals surface area contributed by atoms with Gasteiger partial charge in [0, 0.05) is 5.75 Å². The van der Waals surface area contributed by atoms with Crippen molar-refractivity contribution in [3.8, 4) is 0 Å². The molecule has 12 heavy (non-hydrogen) atoms. The van der Waals surface area contributed by atoms with E-state index in [0.717, 1.165) is 5.75 Å². The molecule has 0 spiro atoms. The molecule has 0 aromatic carbocycles. The van der Waals surface area contributed by atoms with Gasteiger partial charge in [-0.25, -0.2) is 0 Å². The normalized spacial score (nSPS) is 12.0. The SMILES string of the molecule is C=C(/C=C\C=C/C)CSC(C)C. The molecule has 0 bridgehead atoms. The molecule has 0 nitrogen and oxygen atoms in total. The van der Waals surface area contributed by atoms with Gasteiger partial charge in [-0.2, -0.15) is 11.8 Å². The van der Waals surface area contributed by atoms with Gasteiger partial charge in [-0.1, -0.05) is 44.7 Å². The molecule has 0 saturated carbocycles. The molecular formula is C11H18S. The van der Waals surface area contributed by atoms with Crippen LogP contribution >= 0.6 is 11.8 Å². The summed E-state index contributed by atoms with van der Waals surface area (Å²) < 4.78 is 0. The second-order valence-corrected chi connectivity index (χ2v) is 4.47. The van der Waals surface area contributed by atoms with Gasteiger partial charge in [0.1, 0.15) is 0 Å². The van der Waals surface area contributed by atoms with E-state index in [0.29, 0.717) is 5.25 Å². The molecule has 0 atom stereocenters. The predicted octanol–water partition coefficient (Wildman–Crippen LogP) is 3.82. The summed E-state index contributed by atoms with van der Waals surface area (Å²) in [7, 11) is 0. The summed E-state index contributed by atoms with van der Waals surface area (Å²) in [6.07, 6.45) is 8.13. The Morgan fingerprint density at radius 1 is 1.42 bits per heavy atom. The van der Waals surface area contributed by atoms with Crippen molar-refractivity contribution in [3.05, 3.63) is 36.5 Å². The Balaban J connectivity index is 3.59. The van der Waals surface area contributed by atoms with Gasteiger partial charge in [-0.05, 0) is 17.7 Å². The number of rotatable bonds is 5. The van der Waals surface area contributed by atoms with Gasteiger partial charge in [0.25, 0.3) is 0 Å². The Kier molecular flexibility index (Phi) is 6.97. The molecule has 68 valence electrons. The summed E-state index contributed by atoms with van der Waals surface area (Å²) in [5.41, 5.74) is 1.19. The summed E-state index contributed by atoms with van der Waals surface area (Å²) in [5, 5.41) is 0.692. The minimum atomic E-state index is 0.692. The summed E-state index contributed by atoms with van der Waals surface area (Å²) >= 11 is 1.92. The van der Waals surface area contributed by atoms with Crippen molar-refractivity contribution in [1.82, 2.24) is 0 Å². The highest BCUT2D eigenvalue weighted by molar-refractivity contribution is 8.00. The molecular weight excluding hydrogens is 164 g/mol. The van der Waals surface area contributed by atoms with Gasteiger partial charge < -0.3 is 0 Å². The average Bonchev–Trinajstić information content (AvgIpc) is 2.01. The molecule has 0 amide bonds. The summed E-state index contributed by atoms with van der Waals surface area (Å²) in [5.74, 6) is 1.03. The molecule has 0 heterocycles. The van der Waals surface area contributed by atoms with Crippen molar-refractivity contribution < 1.29 is 0 Å². The van der Waals surface area contributed by atoms with Crippen molar-refractivity contribution in [2.24, 2.45) is 0 Å². The van der Waals surface area contributed by atoms with Crippen molar-refractivity contribution in [2.75, 3.05) is 5.75 Å².